The maximum absolute atomic E-state index is 12.6. The summed E-state index contributed by atoms with van der Waals surface area (Å²) < 4.78 is 6.39. The number of nitrogens with one attached hydrogen (secondary N) is 2. The number of ether oxygens (including phenoxy) is 1. The fourth-order valence-electron chi connectivity index (χ4n) is 3.77. The number of carbonyl (C=O) groups excluding carboxylic acids is 1. The maximum atomic E-state index is 12.6. The van der Waals surface area contributed by atoms with Gasteiger partial charge in [0.25, 0.3) is 0 Å². The molecular formula is C20H27N5O2S. The number of allylic oxidation sites excluding steroid dienone is 2. The van der Waals surface area contributed by atoms with E-state index in [1.807, 2.05) is 19.2 Å². The molecule has 0 spiro atoms. The molecule has 0 saturated carbocycles. The summed E-state index contributed by atoms with van der Waals surface area (Å²) >= 11 is 1.57. The van der Waals surface area contributed by atoms with Gasteiger partial charge in [0.05, 0.1) is 41.4 Å². The van der Waals surface area contributed by atoms with E-state index in [1.54, 1.807) is 16.2 Å². The molecule has 0 radical (unpaired) electrons. The lowest BCUT2D eigenvalue weighted by molar-refractivity contribution is -0.120. The summed E-state index contributed by atoms with van der Waals surface area (Å²) in [6, 6.07) is 3.99. The number of aromatic nitrogens is 1. The Morgan fingerprint density at radius 3 is 2.79 bits per heavy atom. The number of thiophene rings is 1. The van der Waals surface area contributed by atoms with Gasteiger partial charge in [-0.25, -0.2) is 0 Å². The summed E-state index contributed by atoms with van der Waals surface area (Å²) in [5.74, 6) is 0.0823. The van der Waals surface area contributed by atoms with Crippen molar-refractivity contribution in [2.24, 2.45) is 5.73 Å². The van der Waals surface area contributed by atoms with Gasteiger partial charge in [-0.2, -0.15) is 0 Å². The fourth-order valence-corrected chi connectivity index (χ4v) is 4.80. The second-order valence-electron chi connectivity index (χ2n) is 7.47. The molecule has 2 aromatic rings. The van der Waals surface area contributed by atoms with Crippen LogP contribution in [-0.4, -0.2) is 61.4 Å². The van der Waals surface area contributed by atoms with Crippen LogP contribution in [0.15, 0.2) is 23.4 Å². The number of nitrogens with zero attached hydrogens (tertiary/aromatic N) is 2. The molecule has 2 aliphatic rings. The average Bonchev–Trinajstić information content (AvgIpc) is 3.27. The van der Waals surface area contributed by atoms with E-state index in [1.165, 1.54) is 0 Å². The molecule has 1 fully saturated rings. The van der Waals surface area contributed by atoms with Gasteiger partial charge in [-0.05, 0) is 43.4 Å². The summed E-state index contributed by atoms with van der Waals surface area (Å²) in [6.45, 7) is 3.39. The molecule has 4 rings (SSSR count). The van der Waals surface area contributed by atoms with E-state index in [4.69, 9.17) is 15.9 Å². The Hall–Kier alpha value is -2.16. The first-order chi connectivity index (χ1) is 13.5. The number of fused-ring (bicyclic) bond motifs is 1. The van der Waals surface area contributed by atoms with Gasteiger partial charge in [-0.3, -0.25) is 15.1 Å². The maximum Gasteiger partial charge on any atom is 0.241 e. The zero-order chi connectivity index (χ0) is 19.7. The third-order valence-corrected chi connectivity index (χ3v) is 6.70. The first kappa shape index (κ1) is 19.2. The number of hydrogen-bond acceptors (Lipinski definition) is 6. The van der Waals surface area contributed by atoms with Crippen molar-refractivity contribution in [2.75, 3.05) is 44.8 Å². The monoisotopic (exact) mass is 401 g/mol. The van der Waals surface area contributed by atoms with Crippen molar-refractivity contribution < 1.29 is 9.53 Å². The van der Waals surface area contributed by atoms with E-state index in [0.29, 0.717) is 25.5 Å². The zero-order valence-corrected chi connectivity index (χ0v) is 17.0. The van der Waals surface area contributed by atoms with Gasteiger partial charge in [0.2, 0.25) is 5.91 Å². The molecular weight excluding hydrogens is 374 g/mol. The van der Waals surface area contributed by atoms with Crippen LogP contribution in [0.5, 0.6) is 0 Å². The van der Waals surface area contributed by atoms with E-state index in [0.717, 1.165) is 71.0 Å². The first-order valence-electron chi connectivity index (χ1n) is 9.79. The minimum atomic E-state index is 0.0823. The van der Waals surface area contributed by atoms with Crippen molar-refractivity contribution in [2.45, 2.75) is 25.7 Å². The lowest BCUT2D eigenvalue weighted by atomic mass is 9.92. The number of anilines is 1. The summed E-state index contributed by atoms with van der Waals surface area (Å²) in [5, 5.41) is 9.44. The number of rotatable bonds is 5. The lowest BCUT2D eigenvalue weighted by Gasteiger charge is -2.27. The van der Waals surface area contributed by atoms with Crippen molar-refractivity contribution in [3.8, 4) is 0 Å². The summed E-state index contributed by atoms with van der Waals surface area (Å²) in [4.78, 5) is 19.8. The summed E-state index contributed by atoms with van der Waals surface area (Å²) in [7, 11) is 1.82. The van der Waals surface area contributed by atoms with Crippen molar-refractivity contribution >= 4 is 38.2 Å². The molecule has 8 heteroatoms. The van der Waals surface area contributed by atoms with Gasteiger partial charge in [0, 0.05) is 25.8 Å². The van der Waals surface area contributed by atoms with Gasteiger partial charge in [0.1, 0.15) is 5.00 Å². The highest BCUT2D eigenvalue weighted by molar-refractivity contribution is 7.23. The van der Waals surface area contributed by atoms with E-state index in [-0.39, 0.29) is 5.91 Å². The van der Waals surface area contributed by atoms with Gasteiger partial charge in [-0.15, -0.1) is 11.3 Å². The Bertz CT molecular complexity index is 891. The smallest absolute Gasteiger partial charge is 0.241 e. The molecule has 2 aromatic heterocycles. The molecule has 4 N–H and O–H groups in total. The van der Waals surface area contributed by atoms with Crippen molar-refractivity contribution in [3.63, 3.8) is 0 Å². The van der Waals surface area contributed by atoms with Crippen LogP contribution >= 0.6 is 11.3 Å². The number of hydrogen-bond donors (Lipinski definition) is 3. The van der Waals surface area contributed by atoms with E-state index >= 15 is 0 Å². The Morgan fingerprint density at radius 1 is 1.32 bits per heavy atom. The lowest BCUT2D eigenvalue weighted by Crippen LogP contribution is -2.43. The zero-order valence-electron chi connectivity index (χ0n) is 16.2. The Balaban J connectivity index is 1.47. The number of amides is 1. The number of likely N-dealkylation sites (N-methyl/N-ethyl adjacent to an activating group) is 1. The minimum absolute atomic E-state index is 0.0823. The minimum Gasteiger partial charge on any atom is -0.402 e. The van der Waals surface area contributed by atoms with Crippen LogP contribution in [-0.2, 0) is 9.53 Å². The van der Waals surface area contributed by atoms with Crippen molar-refractivity contribution in [1.82, 2.24) is 9.88 Å². The van der Waals surface area contributed by atoms with Gasteiger partial charge in [0.15, 0.2) is 0 Å². The average molecular weight is 402 g/mol. The van der Waals surface area contributed by atoms with Gasteiger partial charge >= 0.3 is 0 Å². The van der Waals surface area contributed by atoms with E-state index in [2.05, 4.69) is 9.88 Å². The SMILES string of the molecule is CN(C(=O)CN1CCOCC1)c1cc2[nH]c(C(=N)C3=C(N)CCCC3)cc2s1. The molecule has 0 aromatic carbocycles. The largest absolute Gasteiger partial charge is 0.402 e. The third kappa shape index (κ3) is 3.85. The highest BCUT2D eigenvalue weighted by Gasteiger charge is 2.21. The molecule has 28 heavy (non-hydrogen) atoms. The van der Waals surface area contributed by atoms with Crippen LogP contribution in [0, 0.1) is 5.41 Å². The van der Waals surface area contributed by atoms with Crippen LogP contribution in [0.3, 0.4) is 0 Å². The van der Waals surface area contributed by atoms with Crippen molar-refractivity contribution in [1.29, 1.82) is 5.41 Å². The number of carbonyl (C=O) groups is 1. The third-order valence-electron chi connectivity index (χ3n) is 5.54. The van der Waals surface area contributed by atoms with E-state index < -0.39 is 0 Å². The molecule has 7 nitrogen and oxygen atoms in total. The predicted octanol–water partition coefficient (Wildman–Crippen LogP) is 2.68. The molecule has 1 amide bonds. The quantitative estimate of drug-likeness (QED) is 0.671. The van der Waals surface area contributed by atoms with Gasteiger partial charge in [-0.1, -0.05) is 0 Å². The number of aromatic amines is 1. The first-order valence-corrected chi connectivity index (χ1v) is 10.6. The topological polar surface area (TPSA) is 98.4 Å². The molecule has 0 unspecified atom stereocenters. The number of nitrogens with two attached hydrogens (primary N) is 1. The summed E-state index contributed by atoms with van der Waals surface area (Å²) in [6.07, 6.45) is 3.96. The molecule has 1 aliphatic heterocycles. The fraction of sp³-hybridized carbons (Fsp3) is 0.500. The number of H-pyrrole nitrogens is 1. The predicted molar refractivity (Wildman–Crippen MR) is 113 cm³/mol. The van der Waals surface area contributed by atoms with E-state index in [9.17, 15) is 4.79 Å². The normalized spacial score (nSPS) is 18.6. The van der Waals surface area contributed by atoms with Crippen LogP contribution < -0.4 is 10.6 Å². The van der Waals surface area contributed by atoms with Crippen LogP contribution in [0.2, 0.25) is 0 Å². The second kappa shape index (κ2) is 8.06. The molecule has 3 heterocycles. The van der Waals surface area contributed by atoms with Crippen molar-refractivity contribution in [3.05, 3.63) is 29.1 Å². The standard InChI is InChI=1S/C20H27N5O2S/c1-24(18(26)12-25-6-8-27-9-7-25)19-11-15-17(28-19)10-16(23-15)20(22)13-4-2-3-5-14(13)21/h10-11,22-23H,2-9,12,21H2,1H3. The molecule has 1 aliphatic carbocycles. The van der Waals surface area contributed by atoms with Crippen LogP contribution in [0.4, 0.5) is 5.00 Å². The van der Waals surface area contributed by atoms with Crippen LogP contribution in [0.1, 0.15) is 31.4 Å². The highest BCUT2D eigenvalue weighted by Crippen LogP contribution is 2.34. The van der Waals surface area contributed by atoms with Crippen LogP contribution in [0.25, 0.3) is 10.2 Å². The molecule has 150 valence electrons. The van der Waals surface area contributed by atoms with Gasteiger partial charge < -0.3 is 20.4 Å². The molecule has 0 bridgehead atoms. The molecule has 1 saturated heterocycles. The highest BCUT2D eigenvalue weighted by atomic mass is 32.1. The molecule has 0 atom stereocenters. The Kier molecular flexibility index (Phi) is 5.52. The summed E-state index contributed by atoms with van der Waals surface area (Å²) in [5.41, 5.74) is 10.2. The Morgan fingerprint density at radius 2 is 2.07 bits per heavy atom. The Labute approximate surface area is 168 Å². The second-order valence-corrected chi connectivity index (χ2v) is 8.53. The number of morpholine rings is 1.